The number of hydrogen-bond acceptors (Lipinski definition) is 5. The highest BCUT2D eigenvalue weighted by atomic mass is 16.6. The Bertz CT molecular complexity index is 629. The van der Waals surface area contributed by atoms with Crippen LogP contribution in [-0.4, -0.2) is 40.9 Å². The van der Waals surface area contributed by atoms with Crippen molar-refractivity contribution >= 4 is 23.5 Å². The lowest BCUT2D eigenvalue weighted by Crippen LogP contribution is -2.35. The van der Waals surface area contributed by atoms with Crippen molar-refractivity contribution in [2.75, 3.05) is 13.1 Å². The molecule has 0 aliphatic carbocycles. The summed E-state index contributed by atoms with van der Waals surface area (Å²) < 4.78 is 0. The summed E-state index contributed by atoms with van der Waals surface area (Å²) in [6.07, 6.45) is 1.20. The summed E-state index contributed by atoms with van der Waals surface area (Å²) in [5.41, 5.74) is 0.135. The average Bonchev–Trinajstić information content (AvgIpc) is 2.58. The topological polar surface area (TPSA) is 139 Å². The van der Waals surface area contributed by atoms with Crippen molar-refractivity contribution in [3.05, 3.63) is 39.9 Å². The molecule has 0 radical (unpaired) electrons. The summed E-state index contributed by atoms with van der Waals surface area (Å²) in [4.78, 5) is 44.5. The first-order valence-electron chi connectivity index (χ1n) is 7.87. The van der Waals surface area contributed by atoms with Crippen LogP contribution in [0.2, 0.25) is 0 Å². The highest BCUT2D eigenvalue weighted by Crippen LogP contribution is 2.11. The zero-order valence-electron chi connectivity index (χ0n) is 13.9. The standard InChI is InChI=1S/C16H21N3O6/c1-2-3-12(16(22)23)10-18-14(20)8-9-17-15(21)11-4-6-13(7-5-11)19(24)25/h4-7,12H,2-3,8-10H2,1H3,(H,17,21)(H,18,20)(H,22,23). The zero-order chi connectivity index (χ0) is 18.8. The maximum absolute atomic E-state index is 11.9. The van der Waals surface area contributed by atoms with E-state index in [1.807, 2.05) is 6.92 Å². The third-order valence-electron chi connectivity index (χ3n) is 3.51. The number of benzene rings is 1. The fraction of sp³-hybridized carbons (Fsp3) is 0.438. The van der Waals surface area contributed by atoms with Gasteiger partial charge in [0.2, 0.25) is 5.91 Å². The molecule has 0 bridgehead atoms. The van der Waals surface area contributed by atoms with E-state index >= 15 is 0 Å². The number of amides is 2. The Labute approximate surface area is 144 Å². The number of carboxylic acid groups (broad SMARTS) is 1. The molecule has 0 saturated heterocycles. The number of nitrogens with zero attached hydrogens (tertiary/aromatic N) is 1. The fourth-order valence-electron chi connectivity index (χ4n) is 2.11. The van der Waals surface area contributed by atoms with Crippen LogP contribution < -0.4 is 10.6 Å². The monoisotopic (exact) mass is 351 g/mol. The molecule has 0 saturated carbocycles. The molecule has 9 nitrogen and oxygen atoms in total. The van der Waals surface area contributed by atoms with Gasteiger partial charge in [0.1, 0.15) is 0 Å². The van der Waals surface area contributed by atoms with Gasteiger partial charge in [-0.1, -0.05) is 13.3 Å². The molecule has 1 aromatic carbocycles. The Morgan fingerprint density at radius 2 is 1.84 bits per heavy atom. The van der Waals surface area contributed by atoms with Crippen LogP contribution in [0.15, 0.2) is 24.3 Å². The van der Waals surface area contributed by atoms with E-state index in [1.165, 1.54) is 24.3 Å². The molecule has 0 aliphatic rings. The Balaban J connectivity index is 2.35. The van der Waals surface area contributed by atoms with Crippen LogP contribution in [0.25, 0.3) is 0 Å². The molecule has 0 aliphatic heterocycles. The normalized spacial score (nSPS) is 11.4. The minimum atomic E-state index is -0.950. The number of aliphatic carboxylic acids is 1. The van der Waals surface area contributed by atoms with Gasteiger partial charge in [-0.25, -0.2) is 0 Å². The molecule has 1 aromatic rings. The molecule has 3 N–H and O–H groups in total. The van der Waals surface area contributed by atoms with Gasteiger partial charge in [-0.15, -0.1) is 0 Å². The molecule has 1 unspecified atom stereocenters. The second kappa shape index (κ2) is 10.0. The van der Waals surface area contributed by atoms with E-state index in [1.54, 1.807) is 0 Å². The predicted octanol–water partition coefficient (Wildman–Crippen LogP) is 1.33. The molecule has 0 aromatic heterocycles. The molecule has 0 heterocycles. The van der Waals surface area contributed by atoms with Gasteiger partial charge in [0.05, 0.1) is 10.8 Å². The lowest BCUT2D eigenvalue weighted by atomic mass is 10.0. The van der Waals surface area contributed by atoms with Crippen LogP contribution in [0.1, 0.15) is 36.5 Å². The van der Waals surface area contributed by atoms with Crippen molar-refractivity contribution in [2.24, 2.45) is 5.92 Å². The summed E-state index contributed by atoms with van der Waals surface area (Å²) in [5.74, 6) is -2.37. The van der Waals surface area contributed by atoms with E-state index in [-0.39, 0.29) is 36.7 Å². The lowest BCUT2D eigenvalue weighted by Gasteiger charge is -2.12. The summed E-state index contributed by atoms with van der Waals surface area (Å²) in [6.45, 7) is 2.00. The molecular weight excluding hydrogens is 330 g/mol. The number of hydrogen-bond donors (Lipinski definition) is 3. The molecule has 25 heavy (non-hydrogen) atoms. The van der Waals surface area contributed by atoms with Crippen LogP contribution in [0.4, 0.5) is 5.69 Å². The number of rotatable bonds is 10. The quantitative estimate of drug-likeness (QED) is 0.429. The molecule has 1 rings (SSSR count). The molecule has 1 atom stereocenters. The molecule has 0 spiro atoms. The largest absolute Gasteiger partial charge is 0.481 e. The number of non-ortho nitro benzene ring substituents is 1. The SMILES string of the molecule is CCCC(CNC(=O)CCNC(=O)c1ccc([N+](=O)[O-])cc1)C(=O)O. The van der Waals surface area contributed by atoms with Crippen molar-refractivity contribution in [1.82, 2.24) is 10.6 Å². The minimum Gasteiger partial charge on any atom is -0.481 e. The van der Waals surface area contributed by atoms with E-state index in [0.29, 0.717) is 12.8 Å². The smallest absolute Gasteiger partial charge is 0.308 e. The molecular formula is C16H21N3O6. The Kier molecular flexibility index (Phi) is 8.04. The fourth-order valence-corrected chi connectivity index (χ4v) is 2.11. The lowest BCUT2D eigenvalue weighted by molar-refractivity contribution is -0.384. The number of carbonyl (C=O) groups is 3. The predicted molar refractivity (Wildman–Crippen MR) is 89.1 cm³/mol. The first kappa shape index (κ1) is 20.1. The van der Waals surface area contributed by atoms with Crippen molar-refractivity contribution in [3.63, 3.8) is 0 Å². The van der Waals surface area contributed by atoms with E-state index in [2.05, 4.69) is 10.6 Å². The van der Waals surface area contributed by atoms with Gasteiger partial charge in [0, 0.05) is 37.2 Å². The Hall–Kier alpha value is -2.97. The van der Waals surface area contributed by atoms with Crippen molar-refractivity contribution in [3.8, 4) is 0 Å². The third-order valence-corrected chi connectivity index (χ3v) is 3.51. The van der Waals surface area contributed by atoms with Gasteiger partial charge in [0.25, 0.3) is 11.6 Å². The molecule has 0 fully saturated rings. The summed E-state index contributed by atoms with van der Waals surface area (Å²) in [6, 6.07) is 5.11. The summed E-state index contributed by atoms with van der Waals surface area (Å²) >= 11 is 0. The average molecular weight is 351 g/mol. The van der Waals surface area contributed by atoms with Gasteiger partial charge in [-0.3, -0.25) is 24.5 Å². The molecule has 2 amide bonds. The van der Waals surface area contributed by atoms with Crippen LogP contribution in [0, 0.1) is 16.0 Å². The number of nitro benzene ring substituents is 1. The van der Waals surface area contributed by atoms with Gasteiger partial charge < -0.3 is 15.7 Å². The van der Waals surface area contributed by atoms with E-state index in [0.717, 1.165) is 0 Å². The van der Waals surface area contributed by atoms with Crippen LogP contribution in [0.3, 0.4) is 0 Å². The molecule has 9 heteroatoms. The summed E-state index contributed by atoms with van der Waals surface area (Å²) in [5, 5.41) is 24.6. The number of nitrogens with one attached hydrogen (secondary N) is 2. The van der Waals surface area contributed by atoms with Gasteiger partial charge in [-0.05, 0) is 18.6 Å². The van der Waals surface area contributed by atoms with E-state index in [9.17, 15) is 24.5 Å². The number of carboxylic acids is 1. The maximum atomic E-state index is 11.9. The van der Waals surface area contributed by atoms with Crippen molar-refractivity contribution < 1.29 is 24.4 Å². The van der Waals surface area contributed by atoms with Crippen LogP contribution >= 0.6 is 0 Å². The third kappa shape index (κ3) is 6.98. The second-order valence-electron chi connectivity index (χ2n) is 5.44. The van der Waals surface area contributed by atoms with Gasteiger partial charge in [0.15, 0.2) is 0 Å². The first-order chi connectivity index (χ1) is 11.8. The van der Waals surface area contributed by atoms with Crippen LogP contribution in [0.5, 0.6) is 0 Å². The van der Waals surface area contributed by atoms with Gasteiger partial charge >= 0.3 is 5.97 Å². The van der Waals surface area contributed by atoms with Crippen molar-refractivity contribution in [2.45, 2.75) is 26.2 Å². The number of carbonyl (C=O) groups excluding carboxylic acids is 2. The minimum absolute atomic E-state index is 0.0111. The second-order valence-corrected chi connectivity index (χ2v) is 5.44. The number of nitro groups is 1. The van der Waals surface area contributed by atoms with Crippen LogP contribution in [-0.2, 0) is 9.59 Å². The highest BCUT2D eigenvalue weighted by Gasteiger charge is 2.17. The van der Waals surface area contributed by atoms with Gasteiger partial charge in [-0.2, -0.15) is 0 Å². The highest BCUT2D eigenvalue weighted by molar-refractivity contribution is 5.94. The van der Waals surface area contributed by atoms with Crippen molar-refractivity contribution in [1.29, 1.82) is 0 Å². The Morgan fingerprint density at radius 3 is 2.36 bits per heavy atom. The first-order valence-corrected chi connectivity index (χ1v) is 7.87. The Morgan fingerprint density at radius 1 is 1.20 bits per heavy atom. The molecule has 136 valence electrons. The van der Waals surface area contributed by atoms with E-state index in [4.69, 9.17) is 5.11 Å². The maximum Gasteiger partial charge on any atom is 0.308 e. The zero-order valence-corrected chi connectivity index (χ0v) is 13.9. The van der Waals surface area contributed by atoms with E-state index < -0.39 is 22.7 Å². The summed E-state index contributed by atoms with van der Waals surface area (Å²) in [7, 11) is 0.